The van der Waals surface area contributed by atoms with Gasteiger partial charge in [0.05, 0.1) is 23.8 Å². The number of thiazole rings is 1. The third-order valence-electron chi connectivity index (χ3n) is 1.78. The molecule has 5 heteroatoms. The van der Waals surface area contributed by atoms with Crippen molar-refractivity contribution in [1.82, 2.24) is 15.6 Å². The molecule has 0 fully saturated rings. The molecule has 1 heterocycles. The molecule has 78 valence electrons. The summed E-state index contributed by atoms with van der Waals surface area (Å²) in [7, 11) is 1.75. The fourth-order valence-electron chi connectivity index (χ4n) is 1.14. The molecule has 0 saturated carbocycles. The maximum atomic E-state index is 11.1. The van der Waals surface area contributed by atoms with E-state index < -0.39 is 0 Å². The lowest BCUT2D eigenvalue weighted by molar-refractivity contribution is -0.120. The highest BCUT2D eigenvalue weighted by molar-refractivity contribution is 7.11. The van der Waals surface area contributed by atoms with Crippen molar-refractivity contribution < 1.29 is 4.79 Å². The largest absolute Gasteiger partial charge is 0.350 e. The van der Waals surface area contributed by atoms with Crippen LogP contribution in [0.25, 0.3) is 0 Å². The van der Waals surface area contributed by atoms with Crippen molar-refractivity contribution >= 4 is 17.2 Å². The number of amides is 1. The van der Waals surface area contributed by atoms with Gasteiger partial charge in [0.15, 0.2) is 0 Å². The maximum Gasteiger partial charge on any atom is 0.234 e. The zero-order valence-corrected chi connectivity index (χ0v) is 9.49. The van der Waals surface area contributed by atoms with E-state index in [0.717, 1.165) is 15.6 Å². The van der Waals surface area contributed by atoms with Crippen LogP contribution in [0.5, 0.6) is 0 Å². The van der Waals surface area contributed by atoms with Crippen molar-refractivity contribution in [3.8, 4) is 0 Å². The molecule has 0 unspecified atom stereocenters. The fourth-order valence-corrected chi connectivity index (χ4v) is 2.02. The summed E-state index contributed by atoms with van der Waals surface area (Å²) in [5.41, 5.74) is 1.01. The smallest absolute Gasteiger partial charge is 0.234 e. The molecule has 0 saturated heterocycles. The van der Waals surface area contributed by atoms with Gasteiger partial charge in [0.25, 0.3) is 0 Å². The predicted molar refractivity (Wildman–Crippen MR) is 57.4 cm³/mol. The average Bonchev–Trinajstić information content (AvgIpc) is 2.42. The highest BCUT2D eigenvalue weighted by Crippen LogP contribution is 2.16. The van der Waals surface area contributed by atoms with Crippen LogP contribution in [0.1, 0.15) is 15.6 Å². The van der Waals surface area contributed by atoms with Gasteiger partial charge in [-0.3, -0.25) is 4.79 Å². The first kappa shape index (κ1) is 11.1. The molecule has 1 aromatic rings. The summed E-state index contributed by atoms with van der Waals surface area (Å²) in [6.07, 6.45) is 0. The van der Waals surface area contributed by atoms with Gasteiger partial charge in [-0.15, -0.1) is 11.3 Å². The Morgan fingerprint density at radius 2 is 2.21 bits per heavy atom. The van der Waals surface area contributed by atoms with E-state index in [9.17, 15) is 4.79 Å². The number of nitrogens with zero attached hydrogens (tertiary/aromatic N) is 1. The van der Waals surface area contributed by atoms with Crippen molar-refractivity contribution in [1.29, 1.82) is 0 Å². The van der Waals surface area contributed by atoms with E-state index in [2.05, 4.69) is 15.6 Å². The maximum absolute atomic E-state index is 11.1. The molecule has 4 nitrogen and oxygen atoms in total. The van der Waals surface area contributed by atoms with Gasteiger partial charge in [-0.2, -0.15) is 0 Å². The molecule has 0 atom stereocenters. The van der Waals surface area contributed by atoms with Crippen LogP contribution in [0.4, 0.5) is 0 Å². The second kappa shape index (κ2) is 5.07. The molecule has 2 N–H and O–H groups in total. The highest BCUT2D eigenvalue weighted by atomic mass is 32.1. The number of hydrogen-bond acceptors (Lipinski definition) is 4. The molecule has 0 aliphatic heterocycles. The number of rotatable bonds is 4. The molecular weight excluding hydrogens is 198 g/mol. The molecule has 1 amide bonds. The lowest BCUT2D eigenvalue weighted by Crippen LogP contribution is -2.31. The molecule has 1 rings (SSSR count). The van der Waals surface area contributed by atoms with Gasteiger partial charge in [-0.05, 0) is 20.9 Å². The number of aryl methyl sites for hydroxylation is 2. The molecule has 0 bridgehead atoms. The monoisotopic (exact) mass is 213 g/mol. The summed E-state index contributed by atoms with van der Waals surface area (Å²) < 4.78 is 0. The molecule has 0 spiro atoms. The van der Waals surface area contributed by atoms with E-state index in [0.29, 0.717) is 13.1 Å². The normalized spacial score (nSPS) is 10.2. The Labute approximate surface area is 87.7 Å². The van der Waals surface area contributed by atoms with Crippen molar-refractivity contribution in [2.24, 2.45) is 0 Å². The van der Waals surface area contributed by atoms with Gasteiger partial charge in [0.2, 0.25) is 5.91 Å². The number of likely N-dealkylation sites (N-methyl/N-ethyl adjacent to an activating group) is 1. The zero-order valence-electron chi connectivity index (χ0n) is 8.68. The minimum absolute atomic E-state index is 0.0120. The number of aromatic nitrogens is 1. The Bertz CT molecular complexity index is 322. The highest BCUT2D eigenvalue weighted by Gasteiger charge is 2.05. The van der Waals surface area contributed by atoms with Crippen molar-refractivity contribution in [3.05, 3.63) is 15.6 Å². The Balaban J connectivity index is 2.45. The molecule has 0 aliphatic rings. The van der Waals surface area contributed by atoms with E-state index in [-0.39, 0.29) is 5.91 Å². The van der Waals surface area contributed by atoms with Crippen LogP contribution in [0.3, 0.4) is 0 Å². The van der Waals surface area contributed by atoms with Crippen LogP contribution < -0.4 is 10.6 Å². The van der Waals surface area contributed by atoms with Crippen LogP contribution in [0.2, 0.25) is 0 Å². The average molecular weight is 213 g/mol. The summed E-state index contributed by atoms with van der Waals surface area (Å²) in [6.45, 7) is 4.87. The van der Waals surface area contributed by atoms with Gasteiger partial charge in [-0.1, -0.05) is 0 Å². The van der Waals surface area contributed by atoms with Gasteiger partial charge in [0, 0.05) is 4.88 Å². The van der Waals surface area contributed by atoms with Crippen molar-refractivity contribution in [2.45, 2.75) is 20.4 Å². The van der Waals surface area contributed by atoms with Crippen LogP contribution in [-0.2, 0) is 11.3 Å². The summed E-state index contributed by atoms with van der Waals surface area (Å²) in [6, 6.07) is 0. The molecule has 0 aromatic carbocycles. The summed E-state index contributed by atoms with van der Waals surface area (Å²) >= 11 is 1.63. The standard InChI is InChI=1S/C9H15N3OS/c1-6-8(14-7(2)12-6)4-11-9(13)5-10-3/h10H,4-5H2,1-3H3,(H,11,13). The van der Waals surface area contributed by atoms with E-state index in [1.807, 2.05) is 13.8 Å². The first-order valence-corrected chi connectivity index (χ1v) is 5.29. The Morgan fingerprint density at radius 1 is 1.50 bits per heavy atom. The molecule has 0 aliphatic carbocycles. The van der Waals surface area contributed by atoms with Crippen LogP contribution in [0, 0.1) is 13.8 Å². The third-order valence-corrected chi connectivity index (χ3v) is 2.86. The second-order valence-corrected chi connectivity index (χ2v) is 4.34. The quantitative estimate of drug-likeness (QED) is 0.770. The predicted octanol–water partition coefficient (Wildman–Crippen LogP) is 0.596. The first-order chi connectivity index (χ1) is 6.63. The first-order valence-electron chi connectivity index (χ1n) is 4.47. The Hall–Kier alpha value is -0.940. The van der Waals surface area contributed by atoms with Crippen molar-refractivity contribution in [2.75, 3.05) is 13.6 Å². The zero-order chi connectivity index (χ0) is 10.6. The second-order valence-electron chi connectivity index (χ2n) is 3.05. The van der Waals surface area contributed by atoms with E-state index in [1.165, 1.54) is 0 Å². The lowest BCUT2D eigenvalue weighted by atomic mass is 10.4. The number of nitrogens with one attached hydrogen (secondary N) is 2. The lowest BCUT2D eigenvalue weighted by Gasteiger charge is -2.02. The van der Waals surface area contributed by atoms with Gasteiger partial charge in [0.1, 0.15) is 0 Å². The minimum Gasteiger partial charge on any atom is -0.350 e. The fraction of sp³-hybridized carbons (Fsp3) is 0.556. The van der Waals surface area contributed by atoms with Gasteiger partial charge < -0.3 is 10.6 Å². The van der Waals surface area contributed by atoms with Crippen LogP contribution >= 0.6 is 11.3 Å². The molecule has 0 radical (unpaired) electrons. The molecular formula is C9H15N3OS. The third kappa shape index (κ3) is 3.08. The van der Waals surface area contributed by atoms with Gasteiger partial charge >= 0.3 is 0 Å². The molecule has 1 aromatic heterocycles. The Kier molecular flexibility index (Phi) is 4.03. The SMILES string of the molecule is CNCC(=O)NCc1sc(C)nc1C. The number of carbonyl (C=O) groups excluding carboxylic acids is 1. The number of hydrogen-bond donors (Lipinski definition) is 2. The summed E-state index contributed by atoms with van der Waals surface area (Å²) in [5.74, 6) is 0.0120. The summed E-state index contributed by atoms with van der Waals surface area (Å²) in [5, 5.41) is 6.66. The van der Waals surface area contributed by atoms with Crippen LogP contribution in [0.15, 0.2) is 0 Å². The van der Waals surface area contributed by atoms with E-state index >= 15 is 0 Å². The van der Waals surface area contributed by atoms with Crippen LogP contribution in [-0.4, -0.2) is 24.5 Å². The topological polar surface area (TPSA) is 54.0 Å². The summed E-state index contributed by atoms with van der Waals surface area (Å²) in [4.78, 5) is 16.6. The van der Waals surface area contributed by atoms with E-state index in [4.69, 9.17) is 0 Å². The van der Waals surface area contributed by atoms with E-state index in [1.54, 1.807) is 18.4 Å². The molecule has 14 heavy (non-hydrogen) atoms. The van der Waals surface area contributed by atoms with Gasteiger partial charge in [-0.25, -0.2) is 4.98 Å². The van der Waals surface area contributed by atoms with Crippen molar-refractivity contribution in [3.63, 3.8) is 0 Å². The minimum atomic E-state index is 0.0120. The number of carbonyl (C=O) groups is 1. The Morgan fingerprint density at radius 3 is 2.71 bits per heavy atom.